The van der Waals surface area contributed by atoms with Gasteiger partial charge in [0.2, 0.25) is 0 Å². The summed E-state index contributed by atoms with van der Waals surface area (Å²) < 4.78 is 11.6. The van der Waals surface area contributed by atoms with Gasteiger partial charge in [0.1, 0.15) is 17.4 Å². The molecule has 0 aromatic rings. The van der Waals surface area contributed by atoms with Gasteiger partial charge in [-0.1, -0.05) is 20.8 Å². The second kappa shape index (κ2) is 9.17. The van der Waals surface area contributed by atoms with Crippen LogP contribution in [0.3, 0.4) is 0 Å². The fourth-order valence-corrected chi connectivity index (χ4v) is 5.27. The highest BCUT2D eigenvalue weighted by atomic mass is 32.2. The van der Waals surface area contributed by atoms with Gasteiger partial charge in [-0.2, -0.15) is 11.8 Å². The molecule has 0 aromatic carbocycles. The first kappa shape index (κ1) is 25.0. The topological polar surface area (TPSA) is 102 Å². The van der Waals surface area contributed by atoms with Gasteiger partial charge in [0.05, 0.1) is 6.10 Å². The van der Waals surface area contributed by atoms with Crippen LogP contribution in [0, 0.1) is 0 Å². The van der Waals surface area contributed by atoms with Crippen molar-refractivity contribution in [2.45, 2.75) is 95.5 Å². The summed E-state index contributed by atoms with van der Waals surface area (Å²) in [6.07, 6.45) is -0.254. The summed E-state index contributed by atoms with van der Waals surface area (Å²) in [5, 5.41) is 11.7. The van der Waals surface area contributed by atoms with Crippen LogP contribution in [0.15, 0.2) is 0 Å². The molecule has 3 atom stereocenters. The lowest BCUT2D eigenvalue weighted by Gasteiger charge is -2.39. The highest BCUT2D eigenvalue weighted by Gasteiger charge is 2.44. The van der Waals surface area contributed by atoms with Crippen molar-refractivity contribution in [1.29, 1.82) is 0 Å². The second-order valence-corrected chi connectivity index (χ2v) is 15.8. The summed E-state index contributed by atoms with van der Waals surface area (Å²) in [6, 6.07) is -1.09. The number of aliphatic carboxylic acids is 1. The Morgan fingerprint density at radius 2 is 1.79 bits per heavy atom. The van der Waals surface area contributed by atoms with Gasteiger partial charge < -0.3 is 19.6 Å². The molecule has 1 fully saturated rings. The quantitative estimate of drug-likeness (QED) is 0.588. The maximum atomic E-state index is 12.0. The molecule has 1 aliphatic rings. The van der Waals surface area contributed by atoms with Gasteiger partial charge in [0, 0.05) is 23.8 Å². The molecule has 2 N–H and O–H groups in total. The van der Waals surface area contributed by atoms with Crippen molar-refractivity contribution in [3.8, 4) is 0 Å². The summed E-state index contributed by atoms with van der Waals surface area (Å²) in [5.74, 6) is -0.859. The number of nitrogens with one attached hydrogen (secondary N) is 1. The van der Waals surface area contributed by atoms with E-state index in [-0.39, 0.29) is 27.9 Å². The fraction of sp³-hybridized carbons (Fsp3) is 0.842. The van der Waals surface area contributed by atoms with Crippen molar-refractivity contribution in [3.63, 3.8) is 0 Å². The molecule has 9 heteroatoms. The Kier molecular flexibility index (Phi) is 8.18. The lowest BCUT2D eigenvalue weighted by molar-refractivity contribution is -0.138. The molecule has 0 radical (unpaired) electrons. The molecular formula is C19H35NO6SSi. The summed E-state index contributed by atoms with van der Waals surface area (Å²) >= 11 is 1.37. The molecule has 0 spiro atoms. The molecular weight excluding hydrogens is 398 g/mol. The minimum atomic E-state index is -2.04. The largest absolute Gasteiger partial charge is 0.480 e. The predicted octanol–water partition coefficient (Wildman–Crippen LogP) is 3.82. The second-order valence-electron chi connectivity index (χ2n) is 9.77. The van der Waals surface area contributed by atoms with Gasteiger partial charge in [-0.15, -0.1) is 0 Å². The standard InChI is InChI=1S/C19H35NO6SSi/c1-18(2,3)25-17(24)20-13(16(22)23)11-27-15-10-12(21)9-14(15)26-28(7,8)19(4,5)6/h13-15H,9-11H2,1-8H3,(H,20,24)(H,22,23)/t13-,14-,15-/m0/s1. The Morgan fingerprint density at radius 1 is 1.21 bits per heavy atom. The third-order valence-electron chi connectivity index (χ3n) is 4.99. The zero-order valence-corrected chi connectivity index (χ0v) is 20.1. The monoisotopic (exact) mass is 433 g/mol. The van der Waals surface area contributed by atoms with Crippen molar-refractivity contribution < 1.29 is 28.7 Å². The molecule has 162 valence electrons. The third-order valence-corrected chi connectivity index (χ3v) is 10.9. The van der Waals surface area contributed by atoms with Crippen molar-refractivity contribution in [3.05, 3.63) is 0 Å². The Hall–Kier alpha value is -1.06. The van der Waals surface area contributed by atoms with Crippen LogP contribution in [0.5, 0.6) is 0 Å². The molecule has 0 aliphatic heterocycles. The van der Waals surface area contributed by atoms with E-state index < -0.39 is 32.0 Å². The number of amides is 1. The Morgan fingerprint density at radius 3 is 2.25 bits per heavy atom. The summed E-state index contributed by atoms with van der Waals surface area (Å²) in [6.45, 7) is 15.8. The Bertz CT molecular complexity index is 596. The van der Waals surface area contributed by atoms with Gasteiger partial charge in [0.25, 0.3) is 0 Å². The summed E-state index contributed by atoms with van der Waals surface area (Å²) in [7, 11) is -2.04. The smallest absolute Gasteiger partial charge is 0.408 e. The van der Waals surface area contributed by atoms with E-state index in [4.69, 9.17) is 9.16 Å². The number of carbonyl (C=O) groups excluding carboxylic acids is 2. The van der Waals surface area contributed by atoms with Crippen molar-refractivity contribution >= 4 is 37.9 Å². The van der Waals surface area contributed by atoms with E-state index in [0.29, 0.717) is 12.8 Å². The molecule has 28 heavy (non-hydrogen) atoms. The van der Waals surface area contributed by atoms with Gasteiger partial charge in [-0.25, -0.2) is 9.59 Å². The van der Waals surface area contributed by atoms with Gasteiger partial charge in [-0.3, -0.25) is 4.79 Å². The normalized spacial score (nSPS) is 22.1. The van der Waals surface area contributed by atoms with Crippen LogP contribution >= 0.6 is 11.8 Å². The van der Waals surface area contributed by atoms with Crippen molar-refractivity contribution in [2.24, 2.45) is 0 Å². The van der Waals surface area contributed by atoms with Crippen molar-refractivity contribution in [2.75, 3.05) is 5.75 Å². The van der Waals surface area contributed by atoms with Crippen LogP contribution in [0.1, 0.15) is 54.4 Å². The molecule has 1 saturated carbocycles. The van der Waals surface area contributed by atoms with Crippen LogP contribution in [0.25, 0.3) is 0 Å². The van der Waals surface area contributed by atoms with Crippen LogP contribution in [0.4, 0.5) is 4.79 Å². The Labute approximate surface area is 173 Å². The molecule has 7 nitrogen and oxygen atoms in total. The number of carbonyl (C=O) groups is 3. The number of hydrogen-bond acceptors (Lipinski definition) is 6. The van der Waals surface area contributed by atoms with Gasteiger partial charge in [-0.05, 0) is 38.9 Å². The number of Topliss-reactive ketones (excluding diaryl/α,β-unsaturated/α-hetero) is 1. The van der Waals surface area contributed by atoms with E-state index in [0.717, 1.165) is 0 Å². The average molecular weight is 434 g/mol. The first-order valence-corrected chi connectivity index (χ1v) is 13.5. The molecule has 0 heterocycles. The first-order chi connectivity index (χ1) is 12.5. The van der Waals surface area contributed by atoms with Crippen LogP contribution in [0.2, 0.25) is 18.1 Å². The number of carboxylic acid groups (broad SMARTS) is 1. The minimum Gasteiger partial charge on any atom is -0.480 e. The third kappa shape index (κ3) is 7.75. The van der Waals surface area contributed by atoms with E-state index in [9.17, 15) is 19.5 Å². The lowest BCUT2D eigenvalue weighted by Crippen LogP contribution is -2.46. The SMILES string of the molecule is CC(C)(C)OC(=O)N[C@@H](CS[C@H]1CC(=O)C[C@@H]1O[Si](C)(C)C(C)(C)C)C(=O)O. The maximum absolute atomic E-state index is 12.0. The predicted molar refractivity (Wildman–Crippen MR) is 113 cm³/mol. The number of alkyl carbamates (subject to hydrolysis) is 1. The number of ketones is 1. The van der Waals surface area contributed by atoms with Gasteiger partial charge in [0.15, 0.2) is 8.32 Å². The van der Waals surface area contributed by atoms with Crippen molar-refractivity contribution in [1.82, 2.24) is 5.32 Å². The summed E-state index contributed by atoms with van der Waals surface area (Å²) in [5.41, 5.74) is -0.708. The number of rotatable bonds is 7. The van der Waals surface area contributed by atoms with E-state index in [1.54, 1.807) is 20.8 Å². The number of ether oxygens (including phenoxy) is 1. The molecule has 1 aliphatic carbocycles. The average Bonchev–Trinajstić information content (AvgIpc) is 2.79. The van der Waals surface area contributed by atoms with Crippen LogP contribution < -0.4 is 5.32 Å². The number of hydrogen-bond donors (Lipinski definition) is 2. The molecule has 0 saturated heterocycles. The molecule has 0 unspecified atom stereocenters. The maximum Gasteiger partial charge on any atom is 0.408 e. The first-order valence-electron chi connectivity index (χ1n) is 9.55. The molecule has 1 amide bonds. The zero-order chi connectivity index (χ0) is 21.9. The van der Waals surface area contributed by atoms with E-state index in [2.05, 4.69) is 39.2 Å². The summed E-state index contributed by atoms with van der Waals surface area (Å²) in [4.78, 5) is 35.5. The number of thioether (sulfide) groups is 1. The molecule has 0 aromatic heterocycles. The van der Waals surface area contributed by atoms with Crippen LogP contribution in [-0.4, -0.2) is 60.0 Å². The van der Waals surface area contributed by atoms with E-state index >= 15 is 0 Å². The zero-order valence-electron chi connectivity index (χ0n) is 18.3. The molecule has 0 bridgehead atoms. The number of carboxylic acids is 1. The van der Waals surface area contributed by atoms with E-state index in [1.165, 1.54) is 11.8 Å². The van der Waals surface area contributed by atoms with Gasteiger partial charge >= 0.3 is 12.1 Å². The molecule has 1 rings (SSSR count). The van der Waals surface area contributed by atoms with E-state index in [1.807, 2.05) is 0 Å². The highest BCUT2D eigenvalue weighted by molar-refractivity contribution is 8.00. The highest BCUT2D eigenvalue weighted by Crippen LogP contribution is 2.41. The van der Waals surface area contributed by atoms with Crippen LogP contribution in [-0.2, 0) is 18.8 Å². The minimum absolute atomic E-state index is 0.0235. The lowest BCUT2D eigenvalue weighted by atomic mass is 10.2. The fourth-order valence-electron chi connectivity index (χ4n) is 2.48. The Balaban J connectivity index is 2.73.